The molecule has 0 aliphatic carbocycles. The van der Waals surface area contributed by atoms with Gasteiger partial charge in [0.1, 0.15) is 0 Å². The first-order chi connectivity index (χ1) is 19.7. The summed E-state index contributed by atoms with van der Waals surface area (Å²) in [6.07, 6.45) is -55.3. The number of halogens is 22. The molecule has 28 heteroatoms. The lowest BCUT2D eigenvalue weighted by molar-refractivity contribution is -0.496. The van der Waals surface area contributed by atoms with Crippen LogP contribution in [0.3, 0.4) is 0 Å². The third-order valence-corrected chi connectivity index (χ3v) is 5.07. The maximum Gasteiger partial charge on any atom is 0.462 e. The van der Waals surface area contributed by atoms with Crippen LogP contribution in [0.15, 0.2) is 11.1 Å². The van der Waals surface area contributed by atoms with Gasteiger partial charge in [0.25, 0.3) is 0 Å². The topological polar surface area (TPSA) is 93.1 Å². The molecule has 2 N–H and O–H groups in total. The van der Waals surface area contributed by atoms with E-state index in [4.69, 9.17) is 10.2 Å². The summed E-state index contributed by atoms with van der Waals surface area (Å²) >= 11 is 0. The molecule has 0 saturated carbocycles. The molecule has 0 saturated heterocycles. The molecule has 46 heavy (non-hydrogen) atoms. The van der Waals surface area contributed by atoms with Gasteiger partial charge in [-0.25, -0.2) is 19.1 Å². The van der Waals surface area contributed by atoms with E-state index in [9.17, 15) is 106 Å². The van der Waals surface area contributed by atoms with Gasteiger partial charge in [0.2, 0.25) is 0 Å². The van der Waals surface area contributed by atoms with Gasteiger partial charge in [0.05, 0.1) is 0 Å². The number of carbonyl (C=O) groups is 2. The predicted octanol–water partition coefficient (Wildman–Crippen LogP) is 8.08. The van der Waals surface area contributed by atoms with E-state index >= 15 is 0 Å². The normalized spacial score (nSPS) is 16.0. The molecule has 0 heterocycles. The Balaban J connectivity index is 6.33. The number of rotatable bonds is 16. The number of hydrogen-bond acceptors (Lipinski definition) is 4. The quantitative estimate of drug-likeness (QED) is 0.123. The van der Waals surface area contributed by atoms with Gasteiger partial charge in [0.15, 0.2) is 0 Å². The lowest BCUT2D eigenvalue weighted by atomic mass is 9.95. The van der Waals surface area contributed by atoms with Crippen molar-refractivity contribution in [2.75, 3.05) is 0 Å². The SMILES string of the molecule is O=C(O)/C(CCC(F)(F)C(F)(F)OC(F)(F)C(F)(F)C(F)(F)F)=C(/CCC(F)(F)C(F)(F)OC(F)(F)C(F)(F)C(F)(F)F)C(=O)O. The lowest BCUT2D eigenvalue weighted by Gasteiger charge is -2.33. The number of aliphatic carboxylic acids is 2. The fraction of sp³-hybridized carbons (Fsp3) is 0.778. The number of ether oxygens (including phenoxy) is 2. The van der Waals surface area contributed by atoms with E-state index in [-0.39, 0.29) is 0 Å². The largest absolute Gasteiger partial charge is 0.478 e. The summed E-state index contributed by atoms with van der Waals surface area (Å²) < 4.78 is 288. The highest BCUT2D eigenvalue weighted by molar-refractivity contribution is 5.98. The second kappa shape index (κ2) is 12.6. The molecule has 0 amide bonds. The summed E-state index contributed by atoms with van der Waals surface area (Å²) in [4.78, 5) is 22.4. The van der Waals surface area contributed by atoms with Gasteiger partial charge in [-0.2, -0.15) is 96.6 Å². The molecule has 0 aromatic rings. The molecule has 0 radical (unpaired) electrons. The van der Waals surface area contributed by atoms with E-state index in [1.807, 2.05) is 0 Å². The molecule has 0 atom stereocenters. The van der Waals surface area contributed by atoms with Gasteiger partial charge >= 0.3 is 72.4 Å². The smallest absolute Gasteiger partial charge is 0.462 e. The number of carboxylic acid groups (broad SMARTS) is 2. The molecule has 0 aliphatic rings. The van der Waals surface area contributed by atoms with Crippen LogP contribution < -0.4 is 0 Å². The number of alkyl halides is 22. The first kappa shape index (κ1) is 43.1. The van der Waals surface area contributed by atoms with Crippen molar-refractivity contribution >= 4 is 11.9 Å². The maximum absolute atomic E-state index is 13.8. The summed E-state index contributed by atoms with van der Waals surface area (Å²) in [6, 6.07) is 0. The fourth-order valence-corrected chi connectivity index (χ4v) is 2.56. The van der Waals surface area contributed by atoms with Gasteiger partial charge in [-0.3, -0.25) is 0 Å². The summed E-state index contributed by atoms with van der Waals surface area (Å²) in [6.45, 7) is 0. The van der Waals surface area contributed by atoms with Crippen LogP contribution >= 0.6 is 0 Å². The summed E-state index contributed by atoms with van der Waals surface area (Å²) in [5, 5.41) is 17.8. The van der Waals surface area contributed by atoms with Crippen molar-refractivity contribution in [2.45, 2.75) is 86.2 Å². The zero-order valence-corrected chi connectivity index (χ0v) is 20.7. The third-order valence-electron chi connectivity index (χ3n) is 5.07. The Hall–Kier alpha value is -2.94. The number of carboxylic acids is 2. The molecular formula is C18H10F22O6. The highest BCUT2D eigenvalue weighted by Crippen LogP contribution is 2.53. The standard InChI is InChI=1S/C18H10F22O6/c19-9(20,15(33,34)45-17(37,38)11(23,24)13(27,28)29)3-1-5(7(41)42)6(8(43)44)2-4-10(21,22)16(35,36)46-18(39,40)12(25,26)14(30,31)32/h1-4H2,(H,41,42)(H,43,44)/b6-5-. The Bertz CT molecular complexity index is 1060. The maximum atomic E-state index is 13.8. The van der Waals surface area contributed by atoms with Crippen LogP contribution in [-0.2, 0) is 19.1 Å². The van der Waals surface area contributed by atoms with Crippen LogP contribution in [0.4, 0.5) is 96.6 Å². The Morgan fingerprint density at radius 1 is 0.413 bits per heavy atom. The van der Waals surface area contributed by atoms with E-state index in [2.05, 4.69) is 0 Å². The van der Waals surface area contributed by atoms with Crippen LogP contribution in [0.25, 0.3) is 0 Å². The number of hydrogen-bond donors (Lipinski definition) is 2. The average molecular weight is 740 g/mol. The van der Waals surface area contributed by atoms with Gasteiger partial charge in [0, 0.05) is 24.0 Å². The summed E-state index contributed by atoms with van der Waals surface area (Å²) in [5.74, 6) is -34.1. The second-order valence-corrected chi connectivity index (χ2v) is 8.39. The molecule has 6 nitrogen and oxygen atoms in total. The van der Waals surface area contributed by atoms with E-state index in [1.54, 1.807) is 9.47 Å². The highest BCUT2D eigenvalue weighted by Gasteiger charge is 2.79. The fourth-order valence-electron chi connectivity index (χ4n) is 2.56. The minimum atomic E-state index is -7.59. The minimum absolute atomic E-state index is 1.65. The first-order valence-corrected chi connectivity index (χ1v) is 10.5. The molecule has 0 aromatic heterocycles. The van der Waals surface area contributed by atoms with Crippen molar-refractivity contribution in [3.8, 4) is 0 Å². The molecule has 0 rings (SSSR count). The monoisotopic (exact) mass is 740 g/mol. The molecule has 0 bridgehead atoms. The molecule has 0 aliphatic heterocycles. The van der Waals surface area contributed by atoms with E-state index in [0.717, 1.165) is 0 Å². The van der Waals surface area contributed by atoms with Crippen molar-refractivity contribution in [1.29, 1.82) is 0 Å². The van der Waals surface area contributed by atoms with Crippen LogP contribution in [0.1, 0.15) is 25.7 Å². The van der Waals surface area contributed by atoms with E-state index in [1.165, 1.54) is 0 Å². The predicted molar refractivity (Wildman–Crippen MR) is 94.6 cm³/mol. The van der Waals surface area contributed by atoms with Crippen molar-refractivity contribution in [3.05, 3.63) is 11.1 Å². The van der Waals surface area contributed by atoms with Crippen molar-refractivity contribution < 1.29 is 126 Å². The summed E-state index contributed by atoms with van der Waals surface area (Å²) in [7, 11) is 0. The third kappa shape index (κ3) is 8.69. The molecule has 0 spiro atoms. The zero-order valence-electron chi connectivity index (χ0n) is 20.7. The molecule has 272 valence electrons. The average Bonchev–Trinajstić information content (AvgIpc) is 2.77. The lowest BCUT2D eigenvalue weighted by Crippen LogP contribution is -2.58. The van der Waals surface area contributed by atoms with Crippen LogP contribution in [0.2, 0.25) is 0 Å². The molecule has 0 aromatic carbocycles. The second-order valence-electron chi connectivity index (χ2n) is 8.39. The van der Waals surface area contributed by atoms with E-state index in [0.29, 0.717) is 0 Å². The Kier molecular flexibility index (Phi) is 11.8. The minimum Gasteiger partial charge on any atom is -0.478 e. The molecule has 0 unspecified atom stereocenters. The van der Waals surface area contributed by atoms with Crippen LogP contribution in [0.5, 0.6) is 0 Å². The van der Waals surface area contributed by atoms with Gasteiger partial charge < -0.3 is 10.2 Å². The van der Waals surface area contributed by atoms with Gasteiger partial charge in [-0.1, -0.05) is 0 Å². The van der Waals surface area contributed by atoms with Gasteiger partial charge in [-0.05, 0) is 12.8 Å². The van der Waals surface area contributed by atoms with E-state index < -0.39 is 109 Å². The molecular weight excluding hydrogens is 730 g/mol. The Labute approximate surface area is 236 Å². The summed E-state index contributed by atoms with van der Waals surface area (Å²) in [5.41, 5.74) is -4.71. The molecule has 0 fully saturated rings. The van der Waals surface area contributed by atoms with Crippen LogP contribution in [-0.4, -0.2) is 82.6 Å². The highest BCUT2D eigenvalue weighted by atomic mass is 19.4. The first-order valence-electron chi connectivity index (χ1n) is 10.5. The van der Waals surface area contributed by atoms with Crippen molar-refractivity contribution in [2.24, 2.45) is 0 Å². The Morgan fingerprint density at radius 2 is 0.630 bits per heavy atom. The van der Waals surface area contributed by atoms with Crippen LogP contribution in [0, 0.1) is 0 Å². The Morgan fingerprint density at radius 3 is 0.804 bits per heavy atom. The van der Waals surface area contributed by atoms with Gasteiger partial charge in [-0.15, -0.1) is 0 Å². The zero-order chi connectivity index (χ0) is 37.6. The van der Waals surface area contributed by atoms with Crippen molar-refractivity contribution in [3.63, 3.8) is 0 Å². The van der Waals surface area contributed by atoms with Crippen molar-refractivity contribution in [1.82, 2.24) is 0 Å².